The summed E-state index contributed by atoms with van der Waals surface area (Å²) in [6, 6.07) is 0.709. The van der Waals surface area contributed by atoms with Crippen LogP contribution in [0.3, 0.4) is 0 Å². The summed E-state index contributed by atoms with van der Waals surface area (Å²) in [6.07, 6.45) is 3.44. The van der Waals surface area contributed by atoms with Crippen LogP contribution in [0.5, 0.6) is 0 Å². The third-order valence-corrected chi connectivity index (χ3v) is 4.13. The molecule has 2 unspecified atom stereocenters. The first-order valence-corrected chi connectivity index (χ1v) is 7.39. The topological polar surface area (TPSA) is 38.5 Å². The van der Waals surface area contributed by atoms with Gasteiger partial charge in [0.25, 0.3) is 0 Å². The largest absolute Gasteiger partial charge is 0.381 e. The van der Waals surface area contributed by atoms with Crippen LogP contribution in [0.4, 0.5) is 0 Å². The Morgan fingerprint density at radius 3 is 2.28 bits per heavy atom. The van der Waals surface area contributed by atoms with Gasteiger partial charge in [0.1, 0.15) is 0 Å². The van der Waals surface area contributed by atoms with E-state index in [4.69, 9.17) is 10.5 Å². The molecule has 0 amide bonds. The van der Waals surface area contributed by atoms with E-state index >= 15 is 0 Å². The maximum Gasteiger partial charge on any atom is 0.0469 e. The zero-order valence-corrected chi connectivity index (χ0v) is 12.9. The molecule has 2 N–H and O–H groups in total. The minimum atomic E-state index is 0.231. The Balaban J connectivity index is 2.60. The molecule has 108 valence electrons. The van der Waals surface area contributed by atoms with E-state index < -0.39 is 0 Å². The molecule has 1 aliphatic rings. The number of nitrogens with two attached hydrogens (primary N) is 1. The molecular formula is C15H32N2O. The van der Waals surface area contributed by atoms with Crippen LogP contribution in [0.25, 0.3) is 0 Å². The van der Waals surface area contributed by atoms with E-state index in [9.17, 15) is 0 Å². The molecule has 1 heterocycles. The van der Waals surface area contributed by atoms with Gasteiger partial charge in [0.2, 0.25) is 0 Å². The van der Waals surface area contributed by atoms with E-state index in [0.29, 0.717) is 6.04 Å². The summed E-state index contributed by atoms with van der Waals surface area (Å²) in [4.78, 5) is 2.49. The zero-order valence-electron chi connectivity index (χ0n) is 12.9. The Morgan fingerprint density at radius 2 is 1.83 bits per heavy atom. The van der Waals surface area contributed by atoms with Gasteiger partial charge in [0.15, 0.2) is 0 Å². The highest BCUT2D eigenvalue weighted by Crippen LogP contribution is 2.28. The van der Waals surface area contributed by atoms with Gasteiger partial charge in [-0.3, -0.25) is 0 Å². The first kappa shape index (κ1) is 15.9. The average molecular weight is 256 g/mol. The molecule has 1 aliphatic heterocycles. The maximum atomic E-state index is 6.34. The molecule has 1 saturated heterocycles. The van der Waals surface area contributed by atoms with Gasteiger partial charge >= 0.3 is 0 Å². The summed E-state index contributed by atoms with van der Waals surface area (Å²) < 4.78 is 5.43. The van der Waals surface area contributed by atoms with Crippen molar-refractivity contribution in [2.75, 3.05) is 26.8 Å². The number of hydrogen-bond acceptors (Lipinski definition) is 3. The Morgan fingerprint density at radius 1 is 1.28 bits per heavy atom. The van der Waals surface area contributed by atoms with Crippen LogP contribution >= 0.6 is 0 Å². The molecule has 0 spiro atoms. The summed E-state index contributed by atoms with van der Waals surface area (Å²) in [5, 5.41) is 0. The first-order valence-electron chi connectivity index (χ1n) is 7.39. The molecule has 0 radical (unpaired) electrons. The monoisotopic (exact) mass is 256 g/mol. The lowest BCUT2D eigenvalue weighted by Crippen LogP contribution is -2.54. The van der Waals surface area contributed by atoms with Crippen molar-refractivity contribution < 1.29 is 4.74 Å². The molecule has 1 rings (SSSR count). The third-order valence-electron chi connectivity index (χ3n) is 4.13. The van der Waals surface area contributed by atoms with Gasteiger partial charge in [0, 0.05) is 31.8 Å². The second-order valence-corrected chi connectivity index (χ2v) is 6.88. The van der Waals surface area contributed by atoms with Crippen molar-refractivity contribution in [3.05, 3.63) is 0 Å². The Labute approximate surface area is 113 Å². The second-order valence-electron chi connectivity index (χ2n) is 6.88. The second kappa shape index (κ2) is 6.88. The van der Waals surface area contributed by atoms with E-state index in [1.807, 2.05) is 0 Å². The van der Waals surface area contributed by atoms with Crippen LogP contribution < -0.4 is 5.73 Å². The molecule has 3 heteroatoms. The highest BCUT2D eigenvalue weighted by atomic mass is 16.5. The average Bonchev–Trinajstić information content (AvgIpc) is 2.28. The quantitative estimate of drug-likeness (QED) is 0.821. The predicted molar refractivity (Wildman–Crippen MR) is 77.7 cm³/mol. The van der Waals surface area contributed by atoms with Crippen molar-refractivity contribution in [1.82, 2.24) is 4.90 Å². The molecule has 0 bridgehead atoms. The molecule has 1 fully saturated rings. The standard InChI is InChI=1S/C15H32N2O/c1-6-13(16)14(15(2,3)4)17(5)11-12-7-9-18-10-8-12/h12-14H,6-11,16H2,1-5H3. The number of nitrogens with zero attached hydrogens (tertiary/aromatic N) is 1. The third kappa shape index (κ3) is 4.52. The Hall–Kier alpha value is -0.120. The SMILES string of the molecule is CCC(N)C(N(C)CC1CCOCC1)C(C)(C)C. The Bertz CT molecular complexity index is 231. The fraction of sp³-hybridized carbons (Fsp3) is 1.00. The molecule has 0 aliphatic carbocycles. The zero-order chi connectivity index (χ0) is 13.8. The van der Waals surface area contributed by atoms with E-state index in [0.717, 1.165) is 32.1 Å². The normalized spacial score (nSPS) is 22.2. The highest BCUT2D eigenvalue weighted by Gasteiger charge is 2.33. The molecule has 0 aromatic rings. The summed E-state index contributed by atoms with van der Waals surface area (Å²) in [6.45, 7) is 12.1. The van der Waals surface area contributed by atoms with Crippen LogP contribution in [0.15, 0.2) is 0 Å². The van der Waals surface area contributed by atoms with Gasteiger partial charge in [-0.25, -0.2) is 0 Å². The molecule has 3 nitrogen and oxygen atoms in total. The number of rotatable bonds is 5. The minimum Gasteiger partial charge on any atom is -0.381 e. The van der Waals surface area contributed by atoms with E-state index in [2.05, 4.69) is 39.6 Å². The van der Waals surface area contributed by atoms with Crippen LogP contribution in [-0.4, -0.2) is 43.8 Å². The van der Waals surface area contributed by atoms with Gasteiger partial charge < -0.3 is 15.4 Å². The van der Waals surface area contributed by atoms with Gasteiger partial charge in [0.05, 0.1) is 0 Å². The lowest BCUT2D eigenvalue weighted by molar-refractivity contribution is 0.0319. The van der Waals surface area contributed by atoms with Crippen LogP contribution in [0, 0.1) is 11.3 Å². The van der Waals surface area contributed by atoms with Gasteiger partial charge in [-0.15, -0.1) is 0 Å². The number of ether oxygens (including phenoxy) is 1. The van der Waals surface area contributed by atoms with Crippen LogP contribution in [-0.2, 0) is 4.74 Å². The van der Waals surface area contributed by atoms with E-state index in [1.54, 1.807) is 0 Å². The maximum absolute atomic E-state index is 6.34. The molecule has 0 aromatic carbocycles. The molecule has 0 aromatic heterocycles. The van der Waals surface area contributed by atoms with Crippen molar-refractivity contribution in [3.8, 4) is 0 Å². The summed E-state index contributed by atoms with van der Waals surface area (Å²) in [5.41, 5.74) is 6.57. The van der Waals surface area contributed by atoms with Gasteiger partial charge in [-0.1, -0.05) is 27.7 Å². The van der Waals surface area contributed by atoms with Crippen molar-refractivity contribution in [2.24, 2.45) is 17.1 Å². The van der Waals surface area contributed by atoms with E-state index in [-0.39, 0.29) is 11.5 Å². The number of likely N-dealkylation sites (N-methyl/N-ethyl adjacent to an activating group) is 1. The highest BCUT2D eigenvalue weighted by molar-refractivity contribution is 4.90. The molecule has 0 saturated carbocycles. The lowest BCUT2D eigenvalue weighted by Gasteiger charge is -2.43. The van der Waals surface area contributed by atoms with E-state index in [1.165, 1.54) is 12.8 Å². The number of hydrogen-bond donors (Lipinski definition) is 1. The van der Waals surface area contributed by atoms with Gasteiger partial charge in [-0.05, 0) is 37.6 Å². The van der Waals surface area contributed by atoms with Crippen molar-refractivity contribution >= 4 is 0 Å². The van der Waals surface area contributed by atoms with Crippen molar-refractivity contribution in [1.29, 1.82) is 0 Å². The summed E-state index contributed by atoms with van der Waals surface area (Å²) in [7, 11) is 2.24. The van der Waals surface area contributed by atoms with Crippen LogP contribution in [0.2, 0.25) is 0 Å². The summed E-state index contributed by atoms with van der Waals surface area (Å²) >= 11 is 0. The minimum absolute atomic E-state index is 0.231. The molecule has 2 atom stereocenters. The van der Waals surface area contributed by atoms with Gasteiger partial charge in [-0.2, -0.15) is 0 Å². The summed E-state index contributed by atoms with van der Waals surface area (Å²) in [5.74, 6) is 0.776. The van der Waals surface area contributed by atoms with Crippen LogP contribution in [0.1, 0.15) is 47.0 Å². The molecular weight excluding hydrogens is 224 g/mol. The molecule has 18 heavy (non-hydrogen) atoms. The fourth-order valence-electron chi connectivity index (χ4n) is 3.30. The van der Waals surface area contributed by atoms with Crippen molar-refractivity contribution in [3.63, 3.8) is 0 Å². The predicted octanol–water partition coefficient (Wildman–Crippen LogP) is 2.50. The Kier molecular flexibility index (Phi) is 6.09. The lowest BCUT2D eigenvalue weighted by atomic mass is 9.80. The fourth-order valence-corrected chi connectivity index (χ4v) is 3.30. The van der Waals surface area contributed by atoms with Crippen molar-refractivity contribution in [2.45, 2.75) is 59.0 Å². The first-order chi connectivity index (χ1) is 8.36. The smallest absolute Gasteiger partial charge is 0.0469 e.